The molecule has 0 bridgehead atoms. The number of aromatic nitrogens is 6. The lowest BCUT2D eigenvalue weighted by molar-refractivity contribution is -0.172. The highest BCUT2D eigenvalue weighted by Crippen LogP contribution is 2.41. The first-order valence-corrected chi connectivity index (χ1v) is 30.8. The molecule has 17 nitrogen and oxygen atoms in total. The standard InChI is InChI=1S/C73H68BN9O8/c1-3-61-62-38-59(27-28-66(62)79-68-63(61)47-83-67(68)39-65-64(70(83)85)48-90-72(87)73(65,88)4-2)91-71(86)53-21-19-49(20-22-53)42-82(69(84)52-23-25-54(74)26-24-52)33-13-14-34-89-60-36-50(40-80(43-55-15-5-9-29-75-55)44-56-16-6-10-30-76-56)35-51(37-60)41-81(45-57-17-7-11-31-77-57)46-58-18-8-12-32-78-58/h5-12,15-32,35-39,88H,3-4,13-14,33-34,40-48H2,1-2H3. The molecule has 6 aromatic heterocycles. The van der Waals surface area contributed by atoms with Gasteiger partial charge < -0.3 is 28.8 Å². The van der Waals surface area contributed by atoms with Crippen molar-refractivity contribution < 1.29 is 33.7 Å². The van der Waals surface area contributed by atoms with E-state index in [2.05, 4.69) is 47.9 Å². The summed E-state index contributed by atoms with van der Waals surface area (Å²) in [4.78, 5) is 85.0. The fraction of sp³-hybridized carbons (Fsp3) is 0.247. The number of fused-ring (bicyclic) bond motifs is 5. The summed E-state index contributed by atoms with van der Waals surface area (Å²) in [6.45, 7) is 8.49. The number of carbonyl (C=O) groups excluding carboxylic acids is 3. The zero-order valence-electron chi connectivity index (χ0n) is 50.9. The van der Waals surface area contributed by atoms with Crippen molar-refractivity contribution in [2.75, 3.05) is 13.2 Å². The van der Waals surface area contributed by atoms with E-state index in [1.165, 1.54) is 0 Å². The molecule has 2 radical (unpaired) electrons. The molecule has 0 saturated heterocycles. The Morgan fingerprint density at radius 2 is 1.21 bits per heavy atom. The Balaban J connectivity index is 0.736. The molecule has 10 aromatic rings. The monoisotopic (exact) mass is 1210 g/mol. The molecule has 0 spiro atoms. The molecule has 18 heteroatoms. The number of hydrogen-bond acceptors (Lipinski definition) is 15. The Labute approximate surface area is 529 Å². The van der Waals surface area contributed by atoms with E-state index >= 15 is 0 Å². The highest BCUT2D eigenvalue weighted by atomic mass is 16.6. The van der Waals surface area contributed by atoms with Gasteiger partial charge in [-0.3, -0.25) is 39.3 Å². The lowest BCUT2D eigenvalue weighted by Gasteiger charge is -2.31. The van der Waals surface area contributed by atoms with Gasteiger partial charge in [0.15, 0.2) is 5.60 Å². The number of cyclic esters (lactones) is 1. The normalized spacial score (nSPS) is 14.0. The third-order valence-corrected chi connectivity index (χ3v) is 16.7. The molecule has 1 N–H and O–H groups in total. The molecule has 1 atom stereocenters. The van der Waals surface area contributed by atoms with Crippen LogP contribution in [0.2, 0.25) is 0 Å². The first-order valence-electron chi connectivity index (χ1n) is 30.8. The molecule has 12 rings (SSSR count). The first kappa shape index (κ1) is 61.2. The number of hydrogen-bond donors (Lipinski definition) is 1. The first-order chi connectivity index (χ1) is 44.4. The Kier molecular flexibility index (Phi) is 18.7. The minimum atomic E-state index is -1.94. The minimum Gasteiger partial charge on any atom is -0.494 e. The van der Waals surface area contributed by atoms with E-state index in [-0.39, 0.29) is 48.7 Å². The van der Waals surface area contributed by atoms with Crippen LogP contribution >= 0.6 is 0 Å². The van der Waals surface area contributed by atoms with Gasteiger partial charge in [-0.1, -0.05) is 86.0 Å². The van der Waals surface area contributed by atoms with E-state index in [9.17, 15) is 24.3 Å². The van der Waals surface area contributed by atoms with E-state index < -0.39 is 17.5 Å². The summed E-state index contributed by atoms with van der Waals surface area (Å²) < 4.78 is 19.5. The van der Waals surface area contributed by atoms with Crippen LogP contribution in [0, 0.1) is 0 Å². The Hall–Kier alpha value is -10.0. The van der Waals surface area contributed by atoms with Gasteiger partial charge in [-0.2, -0.15) is 0 Å². The molecule has 91 heavy (non-hydrogen) atoms. The van der Waals surface area contributed by atoms with Gasteiger partial charge in [0.2, 0.25) is 0 Å². The van der Waals surface area contributed by atoms with Crippen LogP contribution < -0.4 is 20.5 Å². The zero-order valence-corrected chi connectivity index (χ0v) is 50.9. The van der Waals surface area contributed by atoms with E-state index in [4.69, 9.17) is 27.0 Å². The highest BCUT2D eigenvalue weighted by molar-refractivity contribution is 6.32. The maximum atomic E-state index is 14.3. The number of ether oxygens (including phenoxy) is 3. The second-order valence-corrected chi connectivity index (χ2v) is 23.1. The number of carbonyl (C=O) groups is 3. The van der Waals surface area contributed by atoms with Crippen molar-refractivity contribution in [1.82, 2.24) is 44.2 Å². The number of aryl methyl sites for hydroxylation is 1. The fourth-order valence-corrected chi connectivity index (χ4v) is 12.1. The predicted octanol–water partition coefficient (Wildman–Crippen LogP) is 10.1. The molecule has 0 fully saturated rings. The number of benzene rings is 4. The minimum absolute atomic E-state index is 0.0446. The number of nitrogens with zero attached hydrogens (tertiary/aromatic N) is 9. The SMILES string of the molecule is [B]c1ccc(C(=O)N(CCCCOc2cc(CN(Cc3ccccn3)Cc3ccccn3)cc(CN(Cc3ccccn3)Cc3ccccn3)c2)Cc2ccc(C(=O)Oc3ccc4nc5c(c(CC)c4c3)Cn3c-5cc4c(c3=O)COC(=O)C4(O)CC)cc2)cc1. The van der Waals surface area contributed by atoms with Crippen LogP contribution in [0.1, 0.15) is 116 Å². The van der Waals surface area contributed by atoms with Crippen LogP contribution in [0.25, 0.3) is 22.3 Å². The van der Waals surface area contributed by atoms with Crippen LogP contribution in [-0.4, -0.2) is 88.1 Å². The predicted molar refractivity (Wildman–Crippen MR) is 346 cm³/mol. The average Bonchev–Trinajstić information content (AvgIpc) is 1.64. The number of rotatable bonds is 25. The topological polar surface area (TPSA) is 195 Å². The van der Waals surface area contributed by atoms with Crippen LogP contribution in [0.15, 0.2) is 193 Å². The van der Waals surface area contributed by atoms with E-state index in [0.717, 1.165) is 61.7 Å². The maximum absolute atomic E-state index is 14.3. The number of amides is 1. The molecule has 0 saturated carbocycles. The fourth-order valence-electron chi connectivity index (χ4n) is 12.1. The number of aliphatic hydroxyl groups is 1. The second-order valence-electron chi connectivity index (χ2n) is 23.1. The molecule has 8 heterocycles. The Morgan fingerprint density at radius 1 is 0.626 bits per heavy atom. The Morgan fingerprint density at radius 3 is 1.76 bits per heavy atom. The van der Waals surface area contributed by atoms with Crippen molar-refractivity contribution in [1.29, 1.82) is 0 Å². The average molecular weight is 1210 g/mol. The molecule has 456 valence electrons. The molecule has 4 aromatic carbocycles. The Bertz CT molecular complexity index is 4110. The van der Waals surface area contributed by atoms with E-state index in [1.54, 1.807) is 72.2 Å². The zero-order chi connectivity index (χ0) is 62.8. The lowest BCUT2D eigenvalue weighted by Crippen LogP contribution is -2.44. The van der Waals surface area contributed by atoms with Crippen molar-refractivity contribution >= 4 is 42.1 Å². The van der Waals surface area contributed by atoms with Gasteiger partial charge in [-0.25, -0.2) is 14.6 Å². The summed E-state index contributed by atoms with van der Waals surface area (Å²) in [5.74, 6) is -0.432. The number of esters is 2. The van der Waals surface area contributed by atoms with Crippen LogP contribution in [0.3, 0.4) is 0 Å². The van der Waals surface area contributed by atoms with Crippen molar-refractivity contribution in [2.45, 2.75) is 104 Å². The summed E-state index contributed by atoms with van der Waals surface area (Å²) in [6.07, 6.45) is 9.21. The largest absolute Gasteiger partial charge is 0.494 e. The summed E-state index contributed by atoms with van der Waals surface area (Å²) in [6, 6.07) is 51.3. The molecule has 1 unspecified atom stereocenters. The van der Waals surface area contributed by atoms with Crippen molar-refractivity contribution in [3.05, 3.63) is 272 Å². The molecular formula is C73H68BN9O8. The van der Waals surface area contributed by atoms with Gasteiger partial charge >= 0.3 is 11.9 Å². The lowest BCUT2D eigenvalue weighted by atomic mass is 9.86. The quantitative estimate of drug-likeness (QED) is 0.0246. The van der Waals surface area contributed by atoms with Gasteiger partial charge in [-0.05, 0) is 145 Å². The smallest absolute Gasteiger partial charge is 0.343 e. The van der Waals surface area contributed by atoms with E-state index in [0.29, 0.717) is 111 Å². The van der Waals surface area contributed by atoms with Crippen molar-refractivity contribution in [3.63, 3.8) is 0 Å². The third kappa shape index (κ3) is 14.2. The highest BCUT2D eigenvalue weighted by Gasteiger charge is 2.45. The molecular weight excluding hydrogens is 1140 g/mol. The van der Waals surface area contributed by atoms with Crippen LogP contribution in [0.4, 0.5) is 0 Å². The summed E-state index contributed by atoms with van der Waals surface area (Å²) in [5.41, 5.74) is 9.95. The summed E-state index contributed by atoms with van der Waals surface area (Å²) >= 11 is 0. The van der Waals surface area contributed by atoms with Gasteiger partial charge in [-0.15, -0.1) is 0 Å². The summed E-state index contributed by atoms with van der Waals surface area (Å²) in [5, 5.41) is 12.1. The van der Waals surface area contributed by atoms with Crippen molar-refractivity contribution in [3.8, 4) is 22.9 Å². The van der Waals surface area contributed by atoms with Gasteiger partial charge in [0.1, 0.15) is 26.0 Å². The summed E-state index contributed by atoms with van der Waals surface area (Å²) in [7, 11) is 6.05. The van der Waals surface area contributed by atoms with E-state index in [1.807, 2.05) is 122 Å². The molecule has 2 aliphatic rings. The van der Waals surface area contributed by atoms with Crippen molar-refractivity contribution in [2.24, 2.45) is 0 Å². The third-order valence-electron chi connectivity index (χ3n) is 16.7. The number of pyridine rings is 6. The van der Waals surface area contributed by atoms with Gasteiger partial charge in [0, 0.05) is 99.2 Å². The molecule has 2 aliphatic heterocycles. The van der Waals surface area contributed by atoms with Gasteiger partial charge in [0.25, 0.3) is 11.5 Å². The maximum Gasteiger partial charge on any atom is 0.343 e. The number of unbranched alkanes of at least 4 members (excludes halogenated alkanes) is 1. The van der Waals surface area contributed by atoms with Crippen LogP contribution in [0.5, 0.6) is 11.5 Å². The second kappa shape index (κ2) is 27.8. The molecule has 1 amide bonds. The van der Waals surface area contributed by atoms with Gasteiger partial charge in [0.05, 0.1) is 64.0 Å². The van der Waals surface area contributed by atoms with Crippen LogP contribution in [-0.2, 0) is 80.5 Å². The molecule has 0 aliphatic carbocycles.